The standard InChI is InChI=1S/C18H31N3O3/c22-13-7-17(23)19-11-5-16(6-12-19)21-10-3-4-15(14-21)18(24)20-8-1-2-9-20/h15-16,22H,1-14H2/t15-/m1/s1. The highest BCUT2D eigenvalue weighted by Gasteiger charge is 2.34. The number of hydrogen-bond donors (Lipinski definition) is 1. The Morgan fingerprint density at radius 3 is 2.25 bits per heavy atom. The highest BCUT2D eigenvalue weighted by atomic mass is 16.3. The Morgan fingerprint density at radius 2 is 1.58 bits per heavy atom. The van der Waals surface area contributed by atoms with Gasteiger partial charge in [-0.15, -0.1) is 0 Å². The van der Waals surface area contributed by atoms with Gasteiger partial charge in [-0.3, -0.25) is 14.5 Å². The van der Waals surface area contributed by atoms with Crippen LogP contribution in [0, 0.1) is 5.92 Å². The van der Waals surface area contributed by atoms with Gasteiger partial charge in [-0.2, -0.15) is 0 Å². The molecule has 3 rings (SSSR count). The van der Waals surface area contributed by atoms with E-state index in [0.717, 1.165) is 77.8 Å². The van der Waals surface area contributed by atoms with E-state index in [1.165, 1.54) is 0 Å². The van der Waals surface area contributed by atoms with Crippen LogP contribution in [0.4, 0.5) is 0 Å². The predicted octanol–water partition coefficient (Wildman–Crippen LogP) is 0.694. The number of amides is 2. The van der Waals surface area contributed by atoms with Crippen LogP contribution in [0.2, 0.25) is 0 Å². The van der Waals surface area contributed by atoms with Crippen LogP contribution in [0.5, 0.6) is 0 Å². The molecule has 0 spiro atoms. The summed E-state index contributed by atoms with van der Waals surface area (Å²) in [5.74, 6) is 0.607. The zero-order chi connectivity index (χ0) is 16.9. The summed E-state index contributed by atoms with van der Waals surface area (Å²) in [5.41, 5.74) is 0. The molecule has 3 saturated heterocycles. The molecule has 1 N–H and O–H groups in total. The van der Waals surface area contributed by atoms with Crippen molar-refractivity contribution in [3.8, 4) is 0 Å². The number of rotatable bonds is 4. The number of likely N-dealkylation sites (tertiary alicyclic amines) is 3. The zero-order valence-corrected chi connectivity index (χ0v) is 14.7. The zero-order valence-electron chi connectivity index (χ0n) is 14.7. The average Bonchev–Trinajstić information content (AvgIpc) is 3.16. The van der Waals surface area contributed by atoms with Crippen LogP contribution in [0.25, 0.3) is 0 Å². The molecule has 6 heteroatoms. The van der Waals surface area contributed by atoms with Crippen molar-refractivity contribution in [2.45, 2.75) is 51.0 Å². The Morgan fingerprint density at radius 1 is 0.875 bits per heavy atom. The summed E-state index contributed by atoms with van der Waals surface area (Å²) in [5, 5.41) is 8.90. The van der Waals surface area contributed by atoms with E-state index in [4.69, 9.17) is 5.11 Å². The van der Waals surface area contributed by atoms with Crippen molar-refractivity contribution in [2.75, 3.05) is 45.9 Å². The fourth-order valence-electron chi connectivity index (χ4n) is 4.47. The molecule has 0 bridgehead atoms. The van der Waals surface area contributed by atoms with E-state index < -0.39 is 0 Å². The first kappa shape index (κ1) is 17.7. The van der Waals surface area contributed by atoms with E-state index in [1.54, 1.807) is 0 Å². The van der Waals surface area contributed by atoms with Gasteiger partial charge in [0.1, 0.15) is 0 Å². The topological polar surface area (TPSA) is 64.1 Å². The number of carbonyl (C=O) groups excluding carboxylic acids is 2. The molecule has 0 aliphatic carbocycles. The number of piperidine rings is 2. The Labute approximate surface area is 144 Å². The van der Waals surface area contributed by atoms with E-state index in [-0.39, 0.29) is 24.9 Å². The molecule has 0 saturated carbocycles. The second-order valence-electron chi connectivity index (χ2n) is 7.45. The summed E-state index contributed by atoms with van der Waals surface area (Å²) in [4.78, 5) is 31.0. The van der Waals surface area contributed by atoms with Crippen LogP contribution in [0.3, 0.4) is 0 Å². The molecule has 1 atom stereocenters. The monoisotopic (exact) mass is 337 g/mol. The lowest BCUT2D eigenvalue weighted by atomic mass is 9.93. The number of aliphatic hydroxyl groups is 1. The maximum Gasteiger partial charge on any atom is 0.226 e. The van der Waals surface area contributed by atoms with Gasteiger partial charge in [0, 0.05) is 45.2 Å². The quantitative estimate of drug-likeness (QED) is 0.820. The Kier molecular flexibility index (Phi) is 6.11. The summed E-state index contributed by atoms with van der Waals surface area (Å²) in [6.07, 6.45) is 6.66. The van der Waals surface area contributed by atoms with Crippen molar-refractivity contribution in [2.24, 2.45) is 5.92 Å². The van der Waals surface area contributed by atoms with E-state index in [2.05, 4.69) is 9.80 Å². The molecule has 0 aromatic heterocycles. The molecule has 3 aliphatic heterocycles. The van der Waals surface area contributed by atoms with E-state index in [9.17, 15) is 9.59 Å². The molecular weight excluding hydrogens is 306 g/mol. The lowest BCUT2D eigenvalue weighted by molar-refractivity contribution is -0.136. The second-order valence-corrected chi connectivity index (χ2v) is 7.45. The van der Waals surface area contributed by atoms with Gasteiger partial charge in [0.15, 0.2) is 0 Å². The minimum Gasteiger partial charge on any atom is -0.396 e. The van der Waals surface area contributed by atoms with Crippen molar-refractivity contribution in [1.29, 1.82) is 0 Å². The minimum absolute atomic E-state index is 0.0643. The maximum atomic E-state index is 12.7. The lowest BCUT2D eigenvalue weighted by Gasteiger charge is -2.42. The van der Waals surface area contributed by atoms with Crippen LogP contribution in [0.15, 0.2) is 0 Å². The normalized spacial score (nSPS) is 26.8. The van der Waals surface area contributed by atoms with Crippen LogP contribution >= 0.6 is 0 Å². The Hall–Kier alpha value is -1.14. The fourth-order valence-corrected chi connectivity index (χ4v) is 4.47. The summed E-state index contributed by atoms with van der Waals surface area (Å²) >= 11 is 0. The minimum atomic E-state index is -0.0643. The Balaban J connectivity index is 1.48. The van der Waals surface area contributed by atoms with E-state index in [1.807, 2.05) is 4.90 Å². The summed E-state index contributed by atoms with van der Waals surface area (Å²) in [7, 11) is 0. The van der Waals surface area contributed by atoms with Gasteiger partial charge in [0.25, 0.3) is 0 Å². The van der Waals surface area contributed by atoms with Crippen molar-refractivity contribution < 1.29 is 14.7 Å². The number of carbonyl (C=O) groups is 2. The Bertz CT molecular complexity index is 443. The largest absolute Gasteiger partial charge is 0.396 e. The molecule has 0 aromatic rings. The van der Waals surface area contributed by atoms with Crippen molar-refractivity contribution >= 4 is 11.8 Å². The lowest BCUT2D eigenvalue weighted by Crippen LogP contribution is -2.51. The van der Waals surface area contributed by atoms with Crippen molar-refractivity contribution in [3.05, 3.63) is 0 Å². The average molecular weight is 337 g/mol. The van der Waals surface area contributed by atoms with Gasteiger partial charge in [-0.05, 0) is 45.1 Å². The molecule has 3 heterocycles. The number of hydrogen-bond acceptors (Lipinski definition) is 4. The molecule has 3 aliphatic rings. The second kappa shape index (κ2) is 8.30. The fraction of sp³-hybridized carbons (Fsp3) is 0.889. The third kappa shape index (κ3) is 4.09. The SMILES string of the molecule is O=C(CCO)N1CCC(N2CCC[C@@H](C(=O)N3CCCC3)C2)CC1. The van der Waals surface area contributed by atoms with Crippen molar-refractivity contribution in [3.63, 3.8) is 0 Å². The van der Waals surface area contributed by atoms with Crippen molar-refractivity contribution in [1.82, 2.24) is 14.7 Å². The van der Waals surface area contributed by atoms with E-state index >= 15 is 0 Å². The van der Waals surface area contributed by atoms with Gasteiger partial charge < -0.3 is 14.9 Å². The first-order chi connectivity index (χ1) is 11.7. The van der Waals surface area contributed by atoms with Gasteiger partial charge in [-0.25, -0.2) is 0 Å². The molecule has 3 fully saturated rings. The molecule has 0 unspecified atom stereocenters. The third-order valence-corrected chi connectivity index (χ3v) is 5.88. The first-order valence-corrected chi connectivity index (χ1v) is 9.60. The molecule has 24 heavy (non-hydrogen) atoms. The van der Waals surface area contributed by atoms with Gasteiger partial charge in [0.05, 0.1) is 12.5 Å². The van der Waals surface area contributed by atoms with Crippen LogP contribution in [-0.2, 0) is 9.59 Å². The van der Waals surface area contributed by atoms with Gasteiger partial charge in [0.2, 0.25) is 11.8 Å². The molecule has 0 radical (unpaired) electrons. The highest BCUT2D eigenvalue weighted by Crippen LogP contribution is 2.26. The third-order valence-electron chi connectivity index (χ3n) is 5.88. The van der Waals surface area contributed by atoms with E-state index in [0.29, 0.717) is 11.9 Å². The van der Waals surface area contributed by atoms with Gasteiger partial charge >= 0.3 is 0 Å². The smallest absolute Gasteiger partial charge is 0.226 e. The first-order valence-electron chi connectivity index (χ1n) is 9.60. The summed E-state index contributed by atoms with van der Waals surface area (Å²) in [6, 6.07) is 0.498. The number of aliphatic hydroxyl groups excluding tert-OH is 1. The molecule has 0 aromatic carbocycles. The van der Waals surface area contributed by atoms with Crippen LogP contribution in [0.1, 0.15) is 44.9 Å². The molecule has 2 amide bonds. The summed E-state index contributed by atoms with van der Waals surface area (Å²) < 4.78 is 0. The molecule has 6 nitrogen and oxygen atoms in total. The molecule has 136 valence electrons. The van der Waals surface area contributed by atoms with Crippen LogP contribution < -0.4 is 0 Å². The predicted molar refractivity (Wildman–Crippen MR) is 91.4 cm³/mol. The number of nitrogens with zero attached hydrogens (tertiary/aromatic N) is 3. The molecular formula is C18H31N3O3. The van der Waals surface area contributed by atoms with Gasteiger partial charge in [-0.1, -0.05) is 0 Å². The maximum absolute atomic E-state index is 12.7. The van der Waals surface area contributed by atoms with Crippen LogP contribution in [-0.4, -0.2) is 83.5 Å². The highest BCUT2D eigenvalue weighted by molar-refractivity contribution is 5.79. The summed E-state index contributed by atoms with van der Waals surface area (Å²) in [6.45, 7) is 5.37.